The maximum atomic E-state index is 12.9. The lowest BCUT2D eigenvalue weighted by Gasteiger charge is -2.39. The van der Waals surface area contributed by atoms with Crippen LogP contribution in [0.5, 0.6) is 0 Å². The summed E-state index contributed by atoms with van der Waals surface area (Å²) in [6.07, 6.45) is 1.28. The standard InChI is InChI=1S/C23H32N4O5/c1-15(12-21(31-2)32-3)25-8-10-26(11-9-25)17-4-5-18-16(13-17)14-27(23(18)30)19-6-7-20(28)24-22(19)29/h4-5,13,15,19,21H,6-12,14H2,1-3H3,(H,24,28,29). The molecule has 174 valence electrons. The lowest BCUT2D eigenvalue weighted by atomic mass is 10.0. The van der Waals surface area contributed by atoms with E-state index in [1.165, 1.54) is 0 Å². The number of carbonyl (C=O) groups is 3. The summed E-state index contributed by atoms with van der Waals surface area (Å²) in [7, 11) is 3.33. The van der Waals surface area contributed by atoms with Crippen LogP contribution in [0.2, 0.25) is 0 Å². The normalized spacial score (nSPS) is 23.0. The Hall–Kier alpha value is -2.49. The van der Waals surface area contributed by atoms with Gasteiger partial charge < -0.3 is 19.3 Å². The summed E-state index contributed by atoms with van der Waals surface area (Å²) in [4.78, 5) is 43.0. The Morgan fingerprint density at radius 1 is 1.09 bits per heavy atom. The largest absolute Gasteiger partial charge is 0.369 e. The predicted molar refractivity (Wildman–Crippen MR) is 118 cm³/mol. The molecule has 2 fully saturated rings. The van der Waals surface area contributed by atoms with Crippen LogP contribution in [-0.4, -0.2) is 86.3 Å². The summed E-state index contributed by atoms with van der Waals surface area (Å²) in [6.45, 7) is 6.29. The third-order valence-electron chi connectivity index (χ3n) is 6.87. The van der Waals surface area contributed by atoms with Crippen LogP contribution in [0.3, 0.4) is 0 Å². The topological polar surface area (TPSA) is 91.4 Å². The van der Waals surface area contributed by atoms with Crippen molar-refractivity contribution >= 4 is 23.4 Å². The first-order chi connectivity index (χ1) is 15.4. The van der Waals surface area contributed by atoms with E-state index >= 15 is 0 Å². The number of benzene rings is 1. The van der Waals surface area contributed by atoms with E-state index in [9.17, 15) is 14.4 Å². The fourth-order valence-corrected chi connectivity index (χ4v) is 4.89. The molecule has 0 radical (unpaired) electrons. The number of amides is 3. The number of fused-ring (bicyclic) bond motifs is 1. The first kappa shape index (κ1) is 22.7. The van der Waals surface area contributed by atoms with Crippen molar-refractivity contribution in [1.82, 2.24) is 15.1 Å². The van der Waals surface area contributed by atoms with Crippen LogP contribution in [0.1, 0.15) is 42.1 Å². The van der Waals surface area contributed by atoms with Crippen LogP contribution in [0.4, 0.5) is 5.69 Å². The van der Waals surface area contributed by atoms with Gasteiger partial charge in [-0.1, -0.05) is 0 Å². The second kappa shape index (κ2) is 9.56. The van der Waals surface area contributed by atoms with Crippen molar-refractivity contribution in [3.8, 4) is 0 Å². The van der Waals surface area contributed by atoms with Crippen molar-refractivity contribution in [2.75, 3.05) is 45.3 Å². The third kappa shape index (κ3) is 4.51. The molecule has 3 aliphatic rings. The van der Waals surface area contributed by atoms with E-state index in [-0.39, 0.29) is 30.4 Å². The Balaban J connectivity index is 1.38. The number of methoxy groups -OCH3 is 2. The zero-order valence-electron chi connectivity index (χ0n) is 19.0. The second-order valence-corrected chi connectivity index (χ2v) is 8.75. The molecule has 1 aromatic carbocycles. The van der Waals surface area contributed by atoms with E-state index in [1.54, 1.807) is 19.1 Å². The quantitative estimate of drug-likeness (QED) is 0.495. The van der Waals surface area contributed by atoms with Crippen molar-refractivity contribution < 1.29 is 23.9 Å². The van der Waals surface area contributed by atoms with Gasteiger partial charge in [-0.05, 0) is 37.1 Å². The van der Waals surface area contributed by atoms with Crippen LogP contribution in [0.25, 0.3) is 0 Å². The molecule has 4 rings (SSSR count). The highest BCUT2D eigenvalue weighted by Crippen LogP contribution is 2.31. The smallest absolute Gasteiger partial charge is 0.255 e. The van der Waals surface area contributed by atoms with Crippen LogP contribution in [0, 0.1) is 0 Å². The molecule has 0 spiro atoms. The zero-order valence-corrected chi connectivity index (χ0v) is 19.0. The number of hydrogen-bond donors (Lipinski definition) is 1. The van der Waals surface area contributed by atoms with E-state index in [0.29, 0.717) is 24.6 Å². The second-order valence-electron chi connectivity index (χ2n) is 8.75. The summed E-state index contributed by atoms with van der Waals surface area (Å²) in [5, 5.41) is 2.35. The monoisotopic (exact) mass is 444 g/mol. The molecule has 1 aromatic rings. The Labute approximate surface area is 188 Å². The van der Waals surface area contributed by atoms with Crippen molar-refractivity contribution in [3.63, 3.8) is 0 Å². The molecule has 2 saturated heterocycles. The highest BCUT2D eigenvalue weighted by atomic mass is 16.7. The van der Waals surface area contributed by atoms with Crippen molar-refractivity contribution in [1.29, 1.82) is 0 Å². The molecule has 9 nitrogen and oxygen atoms in total. The Morgan fingerprint density at radius 2 is 1.81 bits per heavy atom. The van der Waals surface area contributed by atoms with Crippen molar-refractivity contribution in [3.05, 3.63) is 29.3 Å². The van der Waals surface area contributed by atoms with Gasteiger partial charge in [0.2, 0.25) is 11.8 Å². The minimum absolute atomic E-state index is 0.134. The van der Waals surface area contributed by atoms with Crippen LogP contribution < -0.4 is 10.2 Å². The Kier molecular flexibility index (Phi) is 6.78. The number of ether oxygens (including phenoxy) is 2. The minimum atomic E-state index is -0.580. The number of imide groups is 1. The Morgan fingerprint density at radius 3 is 2.47 bits per heavy atom. The molecule has 9 heteroatoms. The molecule has 0 bridgehead atoms. The average molecular weight is 445 g/mol. The van der Waals surface area contributed by atoms with E-state index in [4.69, 9.17) is 9.47 Å². The van der Waals surface area contributed by atoms with E-state index in [2.05, 4.69) is 28.1 Å². The lowest BCUT2D eigenvalue weighted by Crippen LogP contribution is -2.52. The number of hydrogen-bond acceptors (Lipinski definition) is 7. The van der Waals surface area contributed by atoms with Crippen LogP contribution in [0.15, 0.2) is 18.2 Å². The van der Waals surface area contributed by atoms with Crippen LogP contribution >= 0.6 is 0 Å². The summed E-state index contributed by atoms with van der Waals surface area (Å²) >= 11 is 0. The van der Waals surface area contributed by atoms with Gasteiger partial charge in [0.25, 0.3) is 5.91 Å². The van der Waals surface area contributed by atoms with E-state index in [0.717, 1.165) is 43.9 Å². The van der Waals surface area contributed by atoms with E-state index in [1.807, 2.05) is 12.1 Å². The molecule has 1 N–H and O–H groups in total. The molecule has 3 amide bonds. The molecule has 2 unspecified atom stereocenters. The SMILES string of the molecule is COC(CC(C)N1CCN(c2ccc3c(c2)CN(C2CCC(=O)NC2=O)C3=O)CC1)OC. The van der Waals surface area contributed by atoms with Gasteiger partial charge in [0, 0.05) is 77.1 Å². The molecule has 2 atom stereocenters. The lowest BCUT2D eigenvalue weighted by molar-refractivity contribution is -0.136. The van der Waals surface area contributed by atoms with E-state index < -0.39 is 6.04 Å². The maximum absolute atomic E-state index is 12.9. The highest BCUT2D eigenvalue weighted by Gasteiger charge is 2.39. The van der Waals surface area contributed by atoms with Gasteiger partial charge in [-0.15, -0.1) is 0 Å². The van der Waals surface area contributed by atoms with Crippen molar-refractivity contribution in [2.24, 2.45) is 0 Å². The molecule has 0 saturated carbocycles. The van der Waals surface area contributed by atoms with Crippen LogP contribution in [-0.2, 0) is 25.6 Å². The van der Waals surface area contributed by atoms with Gasteiger partial charge in [-0.2, -0.15) is 0 Å². The van der Waals surface area contributed by atoms with Gasteiger partial charge in [0.05, 0.1) is 0 Å². The fourth-order valence-electron chi connectivity index (χ4n) is 4.89. The molecular weight excluding hydrogens is 412 g/mol. The Bertz CT molecular complexity index is 879. The third-order valence-corrected chi connectivity index (χ3v) is 6.87. The zero-order chi connectivity index (χ0) is 22.8. The summed E-state index contributed by atoms with van der Waals surface area (Å²) in [5.74, 6) is -0.784. The molecular formula is C23H32N4O5. The predicted octanol–water partition coefficient (Wildman–Crippen LogP) is 0.967. The summed E-state index contributed by atoms with van der Waals surface area (Å²) in [6, 6.07) is 5.72. The van der Waals surface area contributed by atoms with Gasteiger partial charge in [-0.3, -0.25) is 24.6 Å². The van der Waals surface area contributed by atoms with Gasteiger partial charge >= 0.3 is 0 Å². The highest BCUT2D eigenvalue weighted by molar-refractivity contribution is 6.05. The molecule has 3 aliphatic heterocycles. The van der Waals surface area contributed by atoms with Gasteiger partial charge in [0.1, 0.15) is 6.04 Å². The minimum Gasteiger partial charge on any atom is -0.369 e. The molecule has 32 heavy (non-hydrogen) atoms. The number of rotatable bonds is 7. The first-order valence-electron chi connectivity index (χ1n) is 11.2. The number of anilines is 1. The first-order valence-corrected chi connectivity index (χ1v) is 11.2. The molecule has 0 aromatic heterocycles. The fraction of sp³-hybridized carbons (Fsp3) is 0.609. The van der Waals surface area contributed by atoms with Gasteiger partial charge in [-0.25, -0.2) is 0 Å². The number of piperidine rings is 1. The number of nitrogens with one attached hydrogen (secondary N) is 1. The number of nitrogens with zero attached hydrogens (tertiary/aromatic N) is 3. The summed E-state index contributed by atoms with van der Waals surface area (Å²) < 4.78 is 10.7. The number of piperazine rings is 1. The average Bonchev–Trinajstić information content (AvgIpc) is 3.13. The van der Waals surface area contributed by atoms with Gasteiger partial charge in [0.15, 0.2) is 6.29 Å². The summed E-state index contributed by atoms with van der Waals surface area (Å²) in [5.41, 5.74) is 2.69. The number of carbonyl (C=O) groups excluding carboxylic acids is 3. The maximum Gasteiger partial charge on any atom is 0.255 e. The molecule has 0 aliphatic carbocycles. The molecule has 3 heterocycles. The van der Waals surface area contributed by atoms with Crippen molar-refractivity contribution in [2.45, 2.75) is 51.1 Å².